The molecule has 1 aromatic heterocycles. The number of nitrogens with zero attached hydrogens (tertiary/aromatic N) is 4. The van der Waals surface area contributed by atoms with Crippen LogP contribution < -0.4 is 5.73 Å². The number of aromatic nitrogens is 4. The summed E-state index contributed by atoms with van der Waals surface area (Å²) in [4.78, 5) is 0. The molecule has 0 saturated heterocycles. The smallest absolute Gasteiger partial charge is 0.182 e. The summed E-state index contributed by atoms with van der Waals surface area (Å²) in [6.07, 6.45) is 2.36. The Kier molecular flexibility index (Phi) is 3.50. The lowest BCUT2D eigenvalue weighted by Gasteiger charge is -2.19. The molecule has 1 aliphatic rings. The van der Waals surface area contributed by atoms with E-state index < -0.39 is 0 Å². The highest BCUT2D eigenvalue weighted by Crippen LogP contribution is 2.40. The SMILES string of the molecule is CC1CCC(n2nnnc2-c2cc(N)cc(Br)c2)C1C. The maximum absolute atomic E-state index is 5.91. The average Bonchev–Trinajstić information content (AvgIpc) is 2.97. The van der Waals surface area contributed by atoms with E-state index >= 15 is 0 Å². The first-order valence-corrected chi connectivity index (χ1v) is 7.70. The van der Waals surface area contributed by atoms with Crippen LogP contribution in [0.15, 0.2) is 22.7 Å². The molecule has 106 valence electrons. The third kappa shape index (κ3) is 2.32. The van der Waals surface area contributed by atoms with Crippen molar-refractivity contribution in [3.63, 3.8) is 0 Å². The standard InChI is InChI=1S/C14H18BrN5/c1-8-3-4-13(9(8)2)20-14(17-18-19-20)10-5-11(15)7-12(16)6-10/h5-9,13H,3-4,16H2,1-2H3. The van der Waals surface area contributed by atoms with Gasteiger partial charge in [0.1, 0.15) is 0 Å². The van der Waals surface area contributed by atoms with Crippen molar-refractivity contribution in [2.75, 3.05) is 5.73 Å². The molecule has 3 atom stereocenters. The van der Waals surface area contributed by atoms with Gasteiger partial charge < -0.3 is 5.73 Å². The Morgan fingerprint density at radius 2 is 2.05 bits per heavy atom. The maximum atomic E-state index is 5.91. The third-order valence-electron chi connectivity index (χ3n) is 4.41. The topological polar surface area (TPSA) is 69.6 Å². The first-order chi connectivity index (χ1) is 9.56. The number of nitrogens with two attached hydrogens (primary N) is 1. The predicted octanol–water partition coefficient (Wildman–Crippen LogP) is 3.29. The summed E-state index contributed by atoms with van der Waals surface area (Å²) in [6.45, 7) is 4.58. The number of rotatable bonds is 2. The summed E-state index contributed by atoms with van der Waals surface area (Å²) < 4.78 is 2.91. The second-order valence-corrected chi connectivity index (χ2v) is 6.62. The molecular weight excluding hydrogens is 318 g/mol. The van der Waals surface area contributed by atoms with Crippen LogP contribution in [0.4, 0.5) is 5.69 Å². The van der Waals surface area contributed by atoms with Crippen molar-refractivity contribution >= 4 is 21.6 Å². The molecule has 1 saturated carbocycles. The van der Waals surface area contributed by atoms with E-state index in [1.165, 1.54) is 6.42 Å². The van der Waals surface area contributed by atoms with Crippen molar-refractivity contribution in [3.05, 3.63) is 22.7 Å². The zero-order valence-corrected chi connectivity index (χ0v) is 13.2. The van der Waals surface area contributed by atoms with E-state index in [2.05, 4.69) is 45.3 Å². The Morgan fingerprint density at radius 3 is 2.70 bits per heavy atom. The second-order valence-electron chi connectivity index (χ2n) is 5.70. The predicted molar refractivity (Wildman–Crippen MR) is 82.0 cm³/mol. The summed E-state index contributed by atoms with van der Waals surface area (Å²) in [6, 6.07) is 6.16. The summed E-state index contributed by atoms with van der Waals surface area (Å²) in [7, 11) is 0. The molecule has 6 heteroatoms. The summed E-state index contributed by atoms with van der Waals surface area (Å²) >= 11 is 3.47. The van der Waals surface area contributed by atoms with E-state index in [1.807, 2.05) is 22.9 Å². The van der Waals surface area contributed by atoms with Crippen molar-refractivity contribution in [1.82, 2.24) is 20.2 Å². The maximum Gasteiger partial charge on any atom is 0.182 e. The Hall–Kier alpha value is -1.43. The van der Waals surface area contributed by atoms with E-state index in [0.29, 0.717) is 23.6 Å². The monoisotopic (exact) mass is 335 g/mol. The molecule has 1 fully saturated rings. The summed E-state index contributed by atoms with van der Waals surface area (Å²) in [5.41, 5.74) is 7.57. The summed E-state index contributed by atoms with van der Waals surface area (Å²) in [5.74, 6) is 2.09. The zero-order chi connectivity index (χ0) is 14.3. The Morgan fingerprint density at radius 1 is 1.25 bits per heavy atom. The van der Waals surface area contributed by atoms with Gasteiger partial charge in [0, 0.05) is 15.7 Å². The fourth-order valence-corrected chi connectivity index (χ4v) is 3.54. The van der Waals surface area contributed by atoms with Gasteiger partial charge in [0.05, 0.1) is 6.04 Å². The third-order valence-corrected chi connectivity index (χ3v) is 4.87. The highest BCUT2D eigenvalue weighted by atomic mass is 79.9. The average molecular weight is 336 g/mol. The molecule has 2 aromatic rings. The number of halogens is 1. The molecule has 20 heavy (non-hydrogen) atoms. The van der Waals surface area contributed by atoms with Gasteiger partial charge >= 0.3 is 0 Å². The van der Waals surface area contributed by atoms with Crippen LogP contribution in [0, 0.1) is 11.8 Å². The first kappa shape index (κ1) is 13.5. The molecule has 0 bridgehead atoms. The van der Waals surface area contributed by atoms with Crippen LogP contribution in [0.1, 0.15) is 32.7 Å². The summed E-state index contributed by atoms with van der Waals surface area (Å²) in [5, 5.41) is 12.3. The van der Waals surface area contributed by atoms with Gasteiger partial charge in [0.25, 0.3) is 0 Å². The number of tetrazole rings is 1. The Balaban J connectivity index is 2.02. The van der Waals surface area contributed by atoms with E-state index in [0.717, 1.165) is 22.3 Å². The lowest BCUT2D eigenvalue weighted by Crippen LogP contribution is -2.17. The molecule has 0 radical (unpaired) electrons. The number of benzene rings is 1. The number of hydrogen-bond donors (Lipinski definition) is 1. The number of nitrogen functional groups attached to an aromatic ring is 1. The minimum Gasteiger partial charge on any atom is -0.399 e. The minimum absolute atomic E-state index is 0.371. The number of anilines is 1. The fraction of sp³-hybridized carbons (Fsp3) is 0.500. The molecule has 3 unspecified atom stereocenters. The first-order valence-electron chi connectivity index (χ1n) is 6.90. The van der Waals surface area contributed by atoms with Gasteiger partial charge in [0.2, 0.25) is 0 Å². The van der Waals surface area contributed by atoms with E-state index in [4.69, 9.17) is 5.73 Å². The zero-order valence-electron chi connectivity index (χ0n) is 11.6. The lowest BCUT2D eigenvalue weighted by atomic mass is 9.98. The van der Waals surface area contributed by atoms with Crippen molar-refractivity contribution in [2.24, 2.45) is 11.8 Å². The Labute approximate surface area is 126 Å². The van der Waals surface area contributed by atoms with Crippen LogP contribution in [-0.2, 0) is 0 Å². The van der Waals surface area contributed by atoms with Gasteiger partial charge in [-0.1, -0.05) is 29.8 Å². The van der Waals surface area contributed by atoms with Crippen molar-refractivity contribution in [3.8, 4) is 11.4 Å². The van der Waals surface area contributed by atoms with Crippen molar-refractivity contribution < 1.29 is 0 Å². The molecule has 5 nitrogen and oxygen atoms in total. The molecule has 2 N–H and O–H groups in total. The van der Waals surface area contributed by atoms with E-state index in [9.17, 15) is 0 Å². The van der Waals surface area contributed by atoms with Crippen LogP contribution in [0.25, 0.3) is 11.4 Å². The van der Waals surface area contributed by atoms with Gasteiger partial charge in [-0.05, 0) is 53.3 Å². The van der Waals surface area contributed by atoms with E-state index in [-0.39, 0.29) is 0 Å². The second kappa shape index (κ2) is 5.16. The van der Waals surface area contributed by atoms with Crippen LogP contribution >= 0.6 is 15.9 Å². The van der Waals surface area contributed by atoms with Gasteiger partial charge in [-0.3, -0.25) is 0 Å². The number of hydrogen-bond acceptors (Lipinski definition) is 4. The van der Waals surface area contributed by atoms with Crippen LogP contribution in [-0.4, -0.2) is 20.2 Å². The van der Waals surface area contributed by atoms with E-state index in [1.54, 1.807) is 0 Å². The molecule has 1 aliphatic carbocycles. The normalized spacial score (nSPS) is 26.1. The molecule has 1 heterocycles. The molecular formula is C14H18BrN5. The van der Waals surface area contributed by atoms with Crippen molar-refractivity contribution in [2.45, 2.75) is 32.7 Å². The van der Waals surface area contributed by atoms with Crippen LogP contribution in [0.3, 0.4) is 0 Å². The molecule has 0 spiro atoms. The van der Waals surface area contributed by atoms with Crippen LogP contribution in [0.2, 0.25) is 0 Å². The van der Waals surface area contributed by atoms with Crippen molar-refractivity contribution in [1.29, 1.82) is 0 Å². The highest BCUT2D eigenvalue weighted by molar-refractivity contribution is 9.10. The largest absolute Gasteiger partial charge is 0.399 e. The quantitative estimate of drug-likeness (QED) is 0.855. The Bertz CT molecular complexity index is 604. The minimum atomic E-state index is 0.371. The molecule has 1 aromatic carbocycles. The molecule has 3 rings (SSSR count). The van der Waals surface area contributed by atoms with Gasteiger partial charge in [0.15, 0.2) is 5.82 Å². The van der Waals surface area contributed by atoms with Gasteiger partial charge in [-0.25, -0.2) is 4.68 Å². The molecule has 0 aliphatic heterocycles. The van der Waals surface area contributed by atoms with Gasteiger partial charge in [-0.2, -0.15) is 0 Å². The lowest BCUT2D eigenvalue weighted by molar-refractivity contribution is 0.328. The molecule has 0 amide bonds. The van der Waals surface area contributed by atoms with Crippen LogP contribution in [0.5, 0.6) is 0 Å². The van der Waals surface area contributed by atoms with Gasteiger partial charge in [-0.15, -0.1) is 5.10 Å². The fourth-order valence-electron chi connectivity index (χ4n) is 3.03. The highest BCUT2D eigenvalue weighted by Gasteiger charge is 2.33.